The second kappa shape index (κ2) is 8.99. The lowest BCUT2D eigenvalue weighted by Crippen LogP contribution is -2.45. The highest BCUT2D eigenvalue weighted by atomic mass is 16.2. The zero-order valence-corrected chi connectivity index (χ0v) is 15.6. The van der Waals surface area contributed by atoms with Gasteiger partial charge in [-0.15, -0.1) is 0 Å². The van der Waals surface area contributed by atoms with E-state index in [1.165, 1.54) is 0 Å². The summed E-state index contributed by atoms with van der Waals surface area (Å²) in [4.78, 5) is 31.3. The molecule has 1 aromatic rings. The number of piperidine rings is 1. The monoisotopic (exact) mass is 355 g/mol. The van der Waals surface area contributed by atoms with Crippen LogP contribution in [0.4, 0.5) is 0 Å². The van der Waals surface area contributed by atoms with E-state index < -0.39 is 0 Å². The number of likely N-dealkylation sites (N-methyl/N-ethyl adjacent to an activating group) is 1. The molecule has 2 fully saturated rings. The van der Waals surface area contributed by atoms with Crippen LogP contribution in [0.25, 0.3) is 6.08 Å². The average Bonchev–Trinajstić information content (AvgIpc) is 2.91. The third kappa shape index (κ3) is 4.94. The first kappa shape index (κ1) is 18.6. The van der Waals surface area contributed by atoms with E-state index in [9.17, 15) is 9.59 Å². The molecule has 140 valence electrons. The average molecular weight is 355 g/mol. The zero-order valence-electron chi connectivity index (χ0n) is 15.6. The Bertz CT molecular complexity index is 636. The molecular weight excluding hydrogens is 326 g/mol. The summed E-state index contributed by atoms with van der Waals surface area (Å²) in [5.74, 6) is 0.393. The van der Waals surface area contributed by atoms with Crippen LogP contribution in [0, 0.1) is 5.92 Å². The Labute approximate surface area is 156 Å². The Kier molecular flexibility index (Phi) is 6.45. The molecule has 0 aliphatic carbocycles. The van der Waals surface area contributed by atoms with Gasteiger partial charge in [-0.1, -0.05) is 30.3 Å². The number of carbonyl (C=O) groups excluding carboxylic acids is 2. The predicted octanol–water partition coefficient (Wildman–Crippen LogP) is 2.10. The highest BCUT2D eigenvalue weighted by Crippen LogP contribution is 2.21. The predicted molar refractivity (Wildman–Crippen MR) is 103 cm³/mol. The van der Waals surface area contributed by atoms with Gasteiger partial charge in [0.25, 0.3) is 0 Å². The Morgan fingerprint density at radius 1 is 0.923 bits per heavy atom. The zero-order chi connectivity index (χ0) is 18.4. The van der Waals surface area contributed by atoms with Crippen molar-refractivity contribution >= 4 is 17.9 Å². The van der Waals surface area contributed by atoms with Crippen LogP contribution in [0.1, 0.15) is 24.8 Å². The lowest BCUT2D eigenvalue weighted by atomic mass is 9.95. The standard InChI is InChI=1S/C21H29N3O2/c1-22-12-5-13-24(17-16-22)21(26)19-10-14-23(15-11-19)20(25)9-8-18-6-3-2-4-7-18/h2-4,6-9,19H,5,10-17H2,1H3. The number of benzene rings is 1. The highest BCUT2D eigenvalue weighted by Gasteiger charge is 2.30. The van der Waals surface area contributed by atoms with Gasteiger partial charge in [0.15, 0.2) is 0 Å². The van der Waals surface area contributed by atoms with E-state index in [0.29, 0.717) is 13.1 Å². The number of hydrogen-bond donors (Lipinski definition) is 0. The summed E-state index contributed by atoms with van der Waals surface area (Å²) < 4.78 is 0. The van der Waals surface area contributed by atoms with Crippen LogP contribution in [-0.2, 0) is 9.59 Å². The minimum Gasteiger partial charge on any atom is -0.341 e. The van der Waals surface area contributed by atoms with Crippen LogP contribution < -0.4 is 0 Å². The molecule has 0 bridgehead atoms. The van der Waals surface area contributed by atoms with Crippen molar-refractivity contribution < 1.29 is 9.59 Å². The quantitative estimate of drug-likeness (QED) is 0.780. The van der Waals surface area contributed by atoms with Crippen molar-refractivity contribution in [3.05, 3.63) is 42.0 Å². The van der Waals surface area contributed by atoms with Crippen molar-refractivity contribution in [1.29, 1.82) is 0 Å². The van der Waals surface area contributed by atoms with Crippen LogP contribution in [0.3, 0.4) is 0 Å². The molecule has 2 amide bonds. The molecule has 0 saturated carbocycles. The molecule has 0 atom stereocenters. The molecule has 5 nitrogen and oxygen atoms in total. The van der Waals surface area contributed by atoms with Crippen LogP contribution in [0.2, 0.25) is 0 Å². The summed E-state index contributed by atoms with van der Waals surface area (Å²) in [7, 11) is 2.11. The lowest BCUT2D eigenvalue weighted by molar-refractivity contribution is -0.139. The van der Waals surface area contributed by atoms with Gasteiger partial charge in [-0.2, -0.15) is 0 Å². The van der Waals surface area contributed by atoms with Crippen LogP contribution in [0.15, 0.2) is 36.4 Å². The number of rotatable bonds is 3. The summed E-state index contributed by atoms with van der Waals surface area (Å²) in [6, 6.07) is 9.84. The molecule has 1 aromatic carbocycles. The first-order chi connectivity index (χ1) is 12.6. The molecule has 0 radical (unpaired) electrons. The summed E-state index contributed by atoms with van der Waals surface area (Å²) in [5.41, 5.74) is 1.03. The van der Waals surface area contributed by atoms with Crippen molar-refractivity contribution in [3.8, 4) is 0 Å². The topological polar surface area (TPSA) is 43.9 Å². The molecule has 5 heteroatoms. The fraction of sp³-hybridized carbons (Fsp3) is 0.524. The fourth-order valence-electron chi connectivity index (χ4n) is 3.71. The minimum absolute atomic E-state index is 0.0381. The first-order valence-corrected chi connectivity index (χ1v) is 9.63. The van der Waals surface area contributed by atoms with Gasteiger partial charge in [0.2, 0.25) is 11.8 Å². The molecule has 0 spiro atoms. The van der Waals surface area contributed by atoms with E-state index in [0.717, 1.165) is 51.0 Å². The molecule has 2 aliphatic rings. The van der Waals surface area contributed by atoms with E-state index in [1.807, 2.05) is 46.2 Å². The third-order valence-electron chi connectivity index (χ3n) is 5.40. The molecule has 0 unspecified atom stereocenters. The second-order valence-electron chi connectivity index (χ2n) is 7.33. The van der Waals surface area contributed by atoms with Crippen LogP contribution in [0.5, 0.6) is 0 Å². The Morgan fingerprint density at radius 2 is 1.65 bits per heavy atom. The van der Waals surface area contributed by atoms with Gasteiger partial charge < -0.3 is 14.7 Å². The Hall–Kier alpha value is -2.14. The SMILES string of the molecule is CN1CCCN(C(=O)C2CCN(C(=O)C=Cc3ccccc3)CC2)CC1. The maximum absolute atomic E-state index is 12.8. The van der Waals surface area contributed by atoms with Gasteiger partial charge in [-0.25, -0.2) is 0 Å². The fourth-order valence-corrected chi connectivity index (χ4v) is 3.71. The Balaban J connectivity index is 1.48. The third-order valence-corrected chi connectivity index (χ3v) is 5.40. The normalized spacial score (nSPS) is 20.3. The number of amides is 2. The smallest absolute Gasteiger partial charge is 0.246 e. The summed E-state index contributed by atoms with van der Waals surface area (Å²) >= 11 is 0. The molecule has 26 heavy (non-hydrogen) atoms. The number of carbonyl (C=O) groups is 2. The summed E-state index contributed by atoms with van der Waals surface area (Å²) in [6.07, 6.45) is 6.09. The van der Waals surface area contributed by atoms with E-state index in [2.05, 4.69) is 11.9 Å². The lowest BCUT2D eigenvalue weighted by Gasteiger charge is -2.33. The van der Waals surface area contributed by atoms with E-state index in [1.54, 1.807) is 6.08 Å². The van der Waals surface area contributed by atoms with Gasteiger partial charge >= 0.3 is 0 Å². The van der Waals surface area contributed by atoms with Gasteiger partial charge in [0.1, 0.15) is 0 Å². The molecule has 3 rings (SSSR count). The van der Waals surface area contributed by atoms with Crippen molar-refractivity contribution in [3.63, 3.8) is 0 Å². The van der Waals surface area contributed by atoms with Crippen LogP contribution >= 0.6 is 0 Å². The van der Waals surface area contributed by atoms with E-state index >= 15 is 0 Å². The minimum atomic E-state index is 0.0381. The maximum atomic E-state index is 12.8. The largest absolute Gasteiger partial charge is 0.341 e. The molecule has 0 N–H and O–H groups in total. The van der Waals surface area contributed by atoms with Crippen molar-refractivity contribution in [2.45, 2.75) is 19.3 Å². The van der Waals surface area contributed by atoms with Crippen LogP contribution in [-0.4, -0.2) is 72.8 Å². The second-order valence-corrected chi connectivity index (χ2v) is 7.33. The molecule has 2 heterocycles. The highest BCUT2D eigenvalue weighted by molar-refractivity contribution is 5.92. The van der Waals surface area contributed by atoms with Crippen molar-refractivity contribution in [1.82, 2.24) is 14.7 Å². The van der Waals surface area contributed by atoms with Gasteiger partial charge in [-0.3, -0.25) is 9.59 Å². The van der Waals surface area contributed by atoms with Gasteiger partial charge in [-0.05, 0) is 44.5 Å². The molecule has 0 aromatic heterocycles. The number of nitrogens with zero attached hydrogens (tertiary/aromatic N) is 3. The number of likely N-dealkylation sites (tertiary alicyclic amines) is 1. The summed E-state index contributed by atoms with van der Waals surface area (Å²) in [5, 5.41) is 0. The number of hydrogen-bond acceptors (Lipinski definition) is 3. The Morgan fingerprint density at radius 3 is 2.38 bits per heavy atom. The van der Waals surface area contributed by atoms with E-state index in [4.69, 9.17) is 0 Å². The first-order valence-electron chi connectivity index (χ1n) is 9.63. The maximum Gasteiger partial charge on any atom is 0.246 e. The molecule has 2 aliphatic heterocycles. The molecular formula is C21H29N3O2. The van der Waals surface area contributed by atoms with Crippen molar-refractivity contribution in [2.24, 2.45) is 5.92 Å². The molecule has 2 saturated heterocycles. The summed E-state index contributed by atoms with van der Waals surface area (Å²) in [6.45, 7) is 5.04. The van der Waals surface area contributed by atoms with Gasteiger partial charge in [0.05, 0.1) is 0 Å². The van der Waals surface area contributed by atoms with E-state index in [-0.39, 0.29) is 17.7 Å². The van der Waals surface area contributed by atoms with Gasteiger partial charge in [0, 0.05) is 44.7 Å². The van der Waals surface area contributed by atoms with Crippen molar-refractivity contribution in [2.75, 3.05) is 46.3 Å².